The van der Waals surface area contributed by atoms with Crippen LogP contribution in [0.25, 0.3) is 11.3 Å². The molecular weight excluding hydrogens is 460 g/mol. The van der Waals surface area contributed by atoms with E-state index in [0.717, 1.165) is 15.7 Å². The Kier molecular flexibility index (Phi) is 5.37. The van der Waals surface area contributed by atoms with Crippen molar-refractivity contribution in [3.05, 3.63) is 40.4 Å². The molecule has 0 saturated carbocycles. The highest BCUT2D eigenvalue weighted by Crippen LogP contribution is 2.44. The van der Waals surface area contributed by atoms with Crippen LogP contribution in [0.3, 0.4) is 0 Å². The number of methoxy groups -OCH3 is 2. The second-order valence-electron chi connectivity index (χ2n) is 6.06. The van der Waals surface area contributed by atoms with Crippen LogP contribution in [0.5, 0.6) is 23.1 Å². The van der Waals surface area contributed by atoms with Crippen molar-refractivity contribution in [2.75, 3.05) is 25.8 Å². The van der Waals surface area contributed by atoms with E-state index in [4.69, 9.17) is 14.2 Å². The number of hydrogen-bond acceptors (Lipinski definition) is 9. The minimum atomic E-state index is -0.633. The number of anilines is 1. The zero-order chi connectivity index (χ0) is 20.5. The Morgan fingerprint density at radius 2 is 1.86 bits per heavy atom. The van der Waals surface area contributed by atoms with Gasteiger partial charge in [0.1, 0.15) is 0 Å². The minimum absolute atomic E-state index is 0.0780. The first-order chi connectivity index (χ1) is 14.0. The number of fused-ring (bicyclic) bond motifs is 3. The van der Waals surface area contributed by atoms with Gasteiger partial charge in [-0.1, -0.05) is 27.7 Å². The number of phenols is 1. The number of nitrogens with one attached hydrogen (secondary N) is 1. The van der Waals surface area contributed by atoms with E-state index in [1.54, 1.807) is 12.1 Å². The minimum Gasteiger partial charge on any atom is -0.502 e. The number of halogens is 1. The molecule has 150 valence electrons. The summed E-state index contributed by atoms with van der Waals surface area (Å²) in [5, 5.41) is 22.6. The predicted octanol–water partition coefficient (Wildman–Crippen LogP) is 4.25. The van der Waals surface area contributed by atoms with Gasteiger partial charge >= 0.3 is 0 Å². The van der Waals surface area contributed by atoms with Crippen molar-refractivity contribution >= 4 is 33.4 Å². The number of hydrogen-bond donors (Lipinski definition) is 2. The van der Waals surface area contributed by atoms with Gasteiger partial charge in [0.25, 0.3) is 0 Å². The van der Waals surface area contributed by atoms with Crippen molar-refractivity contribution < 1.29 is 19.3 Å². The summed E-state index contributed by atoms with van der Waals surface area (Å²) in [6, 6.07) is 9.14. The molecule has 1 aromatic heterocycles. The lowest BCUT2D eigenvalue weighted by atomic mass is 10.1. The number of aromatic hydroxyl groups is 1. The molecule has 3 aromatic rings. The summed E-state index contributed by atoms with van der Waals surface area (Å²) < 4.78 is 17.7. The van der Waals surface area contributed by atoms with E-state index in [1.165, 1.54) is 26.0 Å². The summed E-state index contributed by atoms with van der Waals surface area (Å²) in [5.74, 6) is 0.821. The normalized spacial score (nSPS) is 14.7. The Labute approximate surface area is 179 Å². The zero-order valence-electron chi connectivity index (χ0n) is 15.8. The molecule has 10 heteroatoms. The third-order valence-electron chi connectivity index (χ3n) is 4.38. The van der Waals surface area contributed by atoms with Crippen molar-refractivity contribution in [2.24, 2.45) is 0 Å². The van der Waals surface area contributed by atoms with E-state index in [9.17, 15) is 5.11 Å². The predicted molar refractivity (Wildman–Crippen MR) is 113 cm³/mol. The monoisotopic (exact) mass is 476 g/mol. The van der Waals surface area contributed by atoms with E-state index < -0.39 is 6.23 Å². The van der Waals surface area contributed by atoms with Gasteiger partial charge < -0.3 is 24.6 Å². The third-order valence-corrected chi connectivity index (χ3v) is 5.41. The average molecular weight is 477 g/mol. The first-order valence-electron chi connectivity index (χ1n) is 8.50. The van der Waals surface area contributed by atoms with Gasteiger partial charge in [-0.2, -0.15) is 4.98 Å². The highest BCUT2D eigenvalue weighted by Gasteiger charge is 2.28. The van der Waals surface area contributed by atoms with Gasteiger partial charge in [0, 0.05) is 21.3 Å². The molecule has 1 atom stereocenters. The highest BCUT2D eigenvalue weighted by molar-refractivity contribution is 9.10. The molecule has 2 N–H and O–H groups in total. The molecule has 0 fully saturated rings. The van der Waals surface area contributed by atoms with Crippen molar-refractivity contribution in [1.82, 2.24) is 15.2 Å². The topological polar surface area (TPSA) is 98.6 Å². The van der Waals surface area contributed by atoms with Crippen LogP contribution in [-0.4, -0.2) is 40.8 Å². The molecule has 1 aliphatic rings. The van der Waals surface area contributed by atoms with Gasteiger partial charge in [-0.25, -0.2) is 0 Å². The second-order valence-corrected chi connectivity index (χ2v) is 7.75. The number of rotatable bonds is 4. The molecular formula is C19H17BrN4O4S. The Hall–Kier alpha value is -2.72. The van der Waals surface area contributed by atoms with Gasteiger partial charge in [0.15, 0.2) is 23.4 Å². The molecule has 4 rings (SSSR count). The Balaban J connectivity index is 1.88. The molecule has 0 radical (unpaired) electrons. The Morgan fingerprint density at radius 3 is 2.52 bits per heavy atom. The van der Waals surface area contributed by atoms with Crippen LogP contribution in [0.4, 0.5) is 5.69 Å². The maximum absolute atomic E-state index is 10.2. The first-order valence-corrected chi connectivity index (χ1v) is 10.5. The van der Waals surface area contributed by atoms with Crippen molar-refractivity contribution in [3.63, 3.8) is 0 Å². The number of nitrogens with zero attached hydrogens (tertiary/aromatic N) is 3. The summed E-state index contributed by atoms with van der Waals surface area (Å²) in [6.45, 7) is 0. The molecule has 0 saturated heterocycles. The molecule has 0 bridgehead atoms. The summed E-state index contributed by atoms with van der Waals surface area (Å²) >= 11 is 4.88. The van der Waals surface area contributed by atoms with Crippen LogP contribution in [0.1, 0.15) is 11.8 Å². The quantitative estimate of drug-likeness (QED) is 0.535. The molecule has 2 aromatic carbocycles. The van der Waals surface area contributed by atoms with Crippen molar-refractivity contribution in [3.8, 4) is 34.4 Å². The summed E-state index contributed by atoms with van der Waals surface area (Å²) in [4.78, 5) is 4.50. The fourth-order valence-corrected chi connectivity index (χ4v) is 3.63. The van der Waals surface area contributed by atoms with Crippen LogP contribution in [0, 0.1) is 0 Å². The van der Waals surface area contributed by atoms with Crippen LogP contribution in [0.15, 0.2) is 40.0 Å². The number of ether oxygens (including phenoxy) is 3. The summed E-state index contributed by atoms with van der Waals surface area (Å²) in [5.41, 5.74) is 2.83. The fourth-order valence-electron chi connectivity index (χ4n) is 2.97. The highest BCUT2D eigenvalue weighted by atomic mass is 79.9. The summed E-state index contributed by atoms with van der Waals surface area (Å²) in [7, 11) is 2.95. The van der Waals surface area contributed by atoms with E-state index in [-0.39, 0.29) is 17.2 Å². The average Bonchev–Trinajstić information content (AvgIpc) is 2.90. The first kappa shape index (κ1) is 19.6. The van der Waals surface area contributed by atoms with Crippen LogP contribution >= 0.6 is 27.7 Å². The molecule has 1 unspecified atom stereocenters. The third kappa shape index (κ3) is 3.65. The van der Waals surface area contributed by atoms with E-state index >= 15 is 0 Å². The van der Waals surface area contributed by atoms with Gasteiger partial charge in [-0.15, -0.1) is 10.2 Å². The summed E-state index contributed by atoms with van der Waals surface area (Å²) in [6.07, 6.45) is 1.24. The lowest BCUT2D eigenvalue weighted by Crippen LogP contribution is -2.17. The van der Waals surface area contributed by atoms with Crippen LogP contribution in [0.2, 0.25) is 0 Å². The largest absolute Gasteiger partial charge is 0.502 e. The lowest BCUT2D eigenvalue weighted by Gasteiger charge is -2.21. The smallest absolute Gasteiger partial charge is 0.247 e. The maximum atomic E-state index is 10.2. The molecule has 8 nitrogen and oxygen atoms in total. The number of phenolic OH excluding ortho intramolecular Hbond substituents is 1. The van der Waals surface area contributed by atoms with Gasteiger partial charge in [0.2, 0.25) is 16.8 Å². The molecule has 29 heavy (non-hydrogen) atoms. The zero-order valence-corrected chi connectivity index (χ0v) is 18.2. The lowest BCUT2D eigenvalue weighted by molar-refractivity contribution is 0.223. The number of thioether (sulfide) groups is 1. The van der Waals surface area contributed by atoms with Gasteiger partial charge in [-0.05, 0) is 36.6 Å². The van der Waals surface area contributed by atoms with Crippen LogP contribution in [-0.2, 0) is 0 Å². The fraction of sp³-hybridized carbons (Fsp3) is 0.211. The van der Waals surface area contributed by atoms with Crippen molar-refractivity contribution in [2.45, 2.75) is 11.4 Å². The van der Waals surface area contributed by atoms with Gasteiger partial charge in [0.05, 0.1) is 14.2 Å². The Morgan fingerprint density at radius 1 is 1.14 bits per heavy atom. The van der Waals surface area contributed by atoms with Gasteiger partial charge in [-0.3, -0.25) is 0 Å². The molecule has 2 heterocycles. The Bertz CT molecular complexity index is 1060. The molecule has 1 aliphatic heterocycles. The second kappa shape index (κ2) is 7.96. The molecule has 0 spiro atoms. The van der Waals surface area contributed by atoms with Crippen LogP contribution < -0.4 is 19.5 Å². The number of benzene rings is 2. The van der Waals surface area contributed by atoms with E-state index in [2.05, 4.69) is 36.4 Å². The van der Waals surface area contributed by atoms with E-state index in [0.29, 0.717) is 22.3 Å². The maximum Gasteiger partial charge on any atom is 0.247 e. The standard InChI is InChI=1S/C19H17BrN4O4S/c1-26-13-6-9(7-14(27-2)16(13)25)17-21-12-5-4-10(20)8-11(12)15-18(28-17)22-19(29-3)24-23-15/h4-8,17,21,25H,1-3H3. The number of aromatic nitrogens is 3. The molecule has 0 aliphatic carbocycles. The van der Waals surface area contributed by atoms with E-state index in [1.807, 2.05) is 24.5 Å². The van der Waals surface area contributed by atoms with Crippen molar-refractivity contribution in [1.29, 1.82) is 0 Å². The SMILES string of the molecule is COc1cc(C2Nc3ccc(Br)cc3-c3nnc(SC)nc3O2)cc(OC)c1O. The molecule has 0 amide bonds.